The van der Waals surface area contributed by atoms with Crippen LogP contribution in [0.3, 0.4) is 0 Å². The summed E-state index contributed by atoms with van der Waals surface area (Å²) in [6.45, 7) is 3.23. The lowest BCUT2D eigenvalue weighted by Gasteiger charge is -1.99. The molecule has 0 aliphatic heterocycles. The van der Waals surface area contributed by atoms with Gasteiger partial charge in [0, 0.05) is 19.0 Å². The highest BCUT2D eigenvalue weighted by atomic mass is 14.7. The van der Waals surface area contributed by atoms with Gasteiger partial charge in [0.15, 0.2) is 0 Å². The second-order valence-electron chi connectivity index (χ2n) is 4.64. The highest BCUT2D eigenvalue weighted by molar-refractivity contribution is 5.76. The number of aromatic nitrogens is 1. The molecule has 0 atom stereocenters. The molecule has 0 aliphatic rings. The zero-order valence-electron chi connectivity index (χ0n) is 11.1. The number of hydrogen-bond donors (Lipinski definition) is 1. The van der Waals surface area contributed by atoms with Gasteiger partial charge in [0.05, 0.1) is 5.69 Å². The van der Waals surface area contributed by atoms with Crippen molar-refractivity contribution in [2.75, 3.05) is 6.54 Å². The monoisotopic (exact) mass is 234 g/mol. The summed E-state index contributed by atoms with van der Waals surface area (Å²) >= 11 is 0. The summed E-state index contributed by atoms with van der Waals surface area (Å²) in [6, 6.07) is 4.04. The van der Waals surface area contributed by atoms with E-state index >= 15 is 0 Å². The Morgan fingerprint density at radius 3 is 2.41 bits per heavy atom. The molecule has 17 heavy (non-hydrogen) atoms. The Labute approximate surface area is 106 Å². The van der Waals surface area contributed by atoms with E-state index in [-0.39, 0.29) is 0 Å². The maximum atomic E-state index is 4.40. The highest BCUT2D eigenvalue weighted by Gasteiger charge is 1.90. The summed E-state index contributed by atoms with van der Waals surface area (Å²) in [5, 5.41) is 0. The van der Waals surface area contributed by atoms with E-state index in [1.165, 1.54) is 51.4 Å². The number of H-pyrrole nitrogens is 1. The molecule has 0 radical (unpaired) electrons. The third-order valence-corrected chi connectivity index (χ3v) is 2.99. The molecular formula is C15H26N2. The van der Waals surface area contributed by atoms with Gasteiger partial charge in [0.1, 0.15) is 0 Å². The minimum absolute atomic E-state index is 0.966. The molecule has 1 rings (SSSR count). The van der Waals surface area contributed by atoms with Gasteiger partial charge in [-0.3, -0.25) is 4.99 Å². The van der Waals surface area contributed by atoms with E-state index < -0.39 is 0 Å². The molecule has 2 nitrogen and oxygen atoms in total. The van der Waals surface area contributed by atoms with Gasteiger partial charge in [-0.25, -0.2) is 0 Å². The predicted molar refractivity (Wildman–Crippen MR) is 75.9 cm³/mol. The Bertz CT molecular complexity index is 275. The second kappa shape index (κ2) is 10.1. The third kappa shape index (κ3) is 7.78. The fourth-order valence-corrected chi connectivity index (χ4v) is 1.92. The second-order valence-corrected chi connectivity index (χ2v) is 4.64. The molecular weight excluding hydrogens is 208 g/mol. The first-order chi connectivity index (χ1) is 8.43. The molecule has 1 N–H and O–H groups in total. The summed E-state index contributed by atoms with van der Waals surface area (Å²) < 4.78 is 0. The Hall–Kier alpha value is -1.05. The van der Waals surface area contributed by atoms with Crippen molar-refractivity contribution < 1.29 is 0 Å². The lowest BCUT2D eigenvalue weighted by atomic mass is 10.1. The van der Waals surface area contributed by atoms with Crippen LogP contribution in [-0.4, -0.2) is 17.7 Å². The Kier molecular flexibility index (Phi) is 8.35. The minimum Gasteiger partial charge on any atom is -0.360 e. The number of hydrogen-bond acceptors (Lipinski definition) is 1. The molecule has 1 aromatic heterocycles. The number of unbranched alkanes of at least 4 members (excludes halogenated alkanes) is 7. The zero-order chi connectivity index (χ0) is 12.2. The van der Waals surface area contributed by atoms with Gasteiger partial charge in [-0.05, 0) is 18.6 Å². The molecule has 0 aromatic carbocycles. The van der Waals surface area contributed by atoms with Crippen LogP contribution in [0.5, 0.6) is 0 Å². The molecule has 0 saturated heterocycles. The van der Waals surface area contributed by atoms with E-state index in [1.807, 2.05) is 24.5 Å². The first kappa shape index (κ1) is 14.0. The fourth-order valence-electron chi connectivity index (χ4n) is 1.92. The molecule has 1 heterocycles. The number of aromatic amines is 1. The van der Waals surface area contributed by atoms with Crippen LogP contribution in [-0.2, 0) is 0 Å². The summed E-state index contributed by atoms with van der Waals surface area (Å²) in [5.41, 5.74) is 1.10. The van der Waals surface area contributed by atoms with Crippen LogP contribution in [0, 0.1) is 0 Å². The van der Waals surface area contributed by atoms with E-state index in [4.69, 9.17) is 0 Å². The SMILES string of the molecule is CCCCCCCCCCN=Cc1ccc[nH]1. The Morgan fingerprint density at radius 1 is 1.06 bits per heavy atom. The number of aliphatic imine (C=N–C) groups is 1. The summed E-state index contributed by atoms with van der Waals surface area (Å²) in [4.78, 5) is 7.52. The van der Waals surface area contributed by atoms with Gasteiger partial charge in [-0.2, -0.15) is 0 Å². The average molecular weight is 234 g/mol. The van der Waals surface area contributed by atoms with Gasteiger partial charge in [0.25, 0.3) is 0 Å². The molecule has 0 saturated carbocycles. The van der Waals surface area contributed by atoms with Crippen molar-refractivity contribution in [3.8, 4) is 0 Å². The van der Waals surface area contributed by atoms with Gasteiger partial charge in [-0.1, -0.05) is 51.9 Å². The molecule has 96 valence electrons. The Morgan fingerprint density at radius 2 is 1.76 bits per heavy atom. The standard InChI is InChI=1S/C15H26N2/c1-2-3-4-5-6-7-8-9-12-16-14-15-11-10-13-17-15/h10-11,13-14,17H,2-9,12H2,1H3. The van der Waals surface area contributed by atoms with Crippen LogP contribution in [0.1, 0.15) is 64.0 Å². The molecule has 0 fully saturated rings. The van der Waals surface area contributed by atoms with Crippen LogP contribution in [0.2, 0.25) is 0 Å². The van der Waals surface area contributed by atoms with E-state index in [0.717, 1.165) is 12.2 Å². The van der Waals surface area contributed by atoms with Gasteiger partial charge in [-0.15, -0.1) is 0 Å². The smallest absolute Gasteiger partial charge is 0.0561 e. The molecule has 0 spiro atoms. The van der Waals surface area contributed by atoms with E-state index in [1.54, 1.807) is 0 Å². The molecule has 0 bridgehead atoms. The van der Waals surface area contributed by atoms with Crippen molar-refractivity contribution in [1.29, 1.82) is 0 Å². The molecule has 0 aliphatic carbocycles. The van der Waals surface area contributed by atoms with Crippen molar-refractivity contribution >= 4 is 6.21 Å². The maximum absolute atomic E-state index is 4.40. The first-order valence-electron chi connectivity index (χ1n) is 7.06. The minimum atomic E-state index is 0.966. The molecule has 0 amide bonds. The fraction of sp³-hybridized carbons (Fsp3) is 0.667. The lowest BCUT2D eigenvalue weighted by molar-refractivity contribution is 0.578. The van der Waals surface area contributed by atoms with Gasteiger partial charge in [0.2, 0.25) is 0 Å². The van der Waals surface area contributed by atoms with Crippen molar-refractivity contribution in [3.63, 3.8) is 0 Å². The maximum Gasteiger partial charge on any atom is 0.0561 e. The summed E-state index contributed by atoms with van der Waals surface area (Å²) in [7, 11) is 0. The summed E-state index contributed by atoms with van der Waals surface area (Å²) in [6.07, 6.45) is 14.8. The summed E-state index contributed by atoms with van der Waals surface area (Å²) in [5.74, 6) is 0. The van der Waals surface area contributed by atoms with E-state index in [2.05, 4.69) is 16.9 Å². The van der Waals surface area contributed by atoms with Crippen LogP contribution < -0.4 is 0 Å². The van der Waals surface area contributed by atoms with Crippen molar-refractivity contribution in [2.45, 2.75) is 58.3 Å². The van der Waals surface area contributed by atoms with E-state index in [9.17, 15) is 0 Å². The highest BCUT2D eigenvalue weighted by Crippen LogP contribution is 2.08. The first-order valence-corrected chi connectivity index (χ1v) is 7.06. The topological polar surface area (TPSA) is 28.1 Å². The van der Waals surface area contributed by atoms with Crippen LogP contribution in [0.4, 0.5) is 0 Å². The molecule has 1 aromatic rings. The number of nitrogens with one attached hydrogen (secondary N) is 1. The lowest BCUT2D eigenvalue weighted by Crippen LogP contribution is -1.86. The largest absolute Gasteiger partial charge is 0.360 e. The van der Waals surface area contributed by atoms with Gasteiger partial charge < -0.3 is 4.98 Å². The van der Waals surface area contributed by atoms with Crippen molar-refractivity contribution in [2.24, 2.45) is 4.99 Å². The quantitative estimate of drug-likeness (QED) is 0.453. The van der Waals surface area contributed by atoms with Crippen molar-refractivity contribution in [3.05, 3.63) is 24.0 Å². The Balaban J connectivity index is 1.84. The predicted octanol–water partition coefficient (Wildman–Crippen LogP) is 4.57. The molecule has 2 heteroatoms. The number of rotatable bonds is 10. The average Bonchev–Trinajstić information content (AvgIpc) is 2.85. The van der Waals surface area contributed by atoms with Crippen LogP contribution in [0.25, 0.3) is 0 Å². The van der Waals surface area contributed by atoms with Gasteiger partial charge >= 0.3 is 0 Å². The van der Waals surface area contributed by atoms with Crippen LogP contribution in [0.15, 0.2) is 23.3 Å². The van der Waals surface area contributed by atoms with Crippen LogP contribution >= 0.6 is 0 Å². The zero-order valence-corrected chi connectivity index (χ0v) is 11.1. The molecule has 0 unspecified atom stereocenters. The number of nitrogens with zero attached hydrogens (tertiary/aromatic N) is 1. The van der Waals surface area contributed by atoms with Crippen molar-refractivity contribution in [1.82, 2.24) is 4.98 Å². The third-order valence-electron chi connectivity index (χ3n) is 2.99. The normalized spacial score (nSPS) is 11.4. The van der Waals surface area contributed by atoms with E-state index in [0.29, 0.717) is 0 Å².